The number of para-hydroxylation sites is 1. The van der Waals surface area contributed by atoms with E-state index in [4.69, 9.17) is 16.3 Å². The molecule has 0 atom stereocenters. The Morgan fingerprint density at radius 2 is 2.11 bits per heavy atom. The van der Waals surface area contributed by atoms with E-state index in [2.05, 4.69) is 18.1 Å². The van der Waals surface area contributed by atoms with Crippen LogP contribution in [0.5, 0.6) is 5.75 Å². The number of hydrogen-bond acceptors (Lipinski definition) is 2. The normalized spacial score (nSPS) is 10.7. The minimum absolute atomic E-state index is 0.461. The molecule has 0 aliphatic carbocycles. The largest absolute Gasteiger partial charge is 0.487 e. The molecule has 0 N–H and O–H groups in total. The molecule has 0 fully saturated rings. The maximum absolute atomic E-state index is 5.96. The van der Waals surface area contributed by atoms with Crippen LogP contribution in [-0.2, 0) is 19.0 Å². The fraction of sp³-hybridized carbons (Fsp3) is 0.400. The standard InChI is InChI=1S/C15H19ClN2O/c1-4-18-14(8-12(3)17-18)10-19-15-11(2)6-5-7-13(15)9-16/h5-8H,4,9-10H2,1-3H3. The van der Waals surface area contributed by atoms with Gasteiger partial charge in [0.15, 0.2) is 0 Å². The average molecular weight is 279 g/mol. The highest BCUT2D eigenvalue weighted by atomic mass is 35.5. The third-order valence-corrected chi connectivity index (χ3v) is 3.37. The highest BCUT2D eigenvalue weighted by molar-refractivity contribution is 6.17. The van der Waals surface area contributed by atoms with Crippen LogP contribution >= 0.6 is 11.6 Å². The number of benzene rings is 1. The first-order valence-electron chi connectivity index (χ1n) is 6.46. The first kappa shape index (κ1) is 13.9. The maximum Gasteiger partial charge on any atom is 0.130 e. The molecule has 3 nitrogen and oxygen atoms in total. The van der Waals surface area contributed by atoms with Gasteiger partial charge in [0.2, 0.25) is 0 Å². The summed E-state index contributed by atoms with van der Waals surface area (Å²) in [6.07, 6.45) is 0. The van der Waals surface area contributed by atoms with Gasteiger partial charge in [-0.05, 0) is 32.4 Å². The molecule has 0 saturated heterocycles. The van der Waals surface area contributed by atoms with Gasteiger partial charge in [-0.25, -0.2) is 0 Å². The molecule has 0 aliphatic rings. The molecule has 0 aliphatic heterocycles. The van der Waals surface area contributed by atoms with Crippen LogP contribution in [0.3, 0.4) is 0 Å². The van der Waals surface area contributed by atoms with Crippen LogP contribution in [0.1, 0.15) is 29.4 Å². The van der Waals surface area contributed by atoms with Gasteiger partial charge in [0, 0.05) is 12.1 Å². The van der Waals surface area contributed by atoms with E-state index in [1.807, 2.05) is 36.7 Å². The van der Waals surface area contributed by atoms with E-state index in [0.717, 1.165) is 34.8 Å². The number of hydrogen-bond donors (Lipinski definition) is 0. The minimum Gasteiger partial charge on any atom is -0.487 e. The van der Waals surface area contributed by atoms with Gasteiger partial charge >= 0.3 is 0 Å². The van der Waals surface area contributed by atoms with Crippen molar-refractivity contribution < 1.29 is 4.74 Å². The SMILES string of the molecule is CCn1nc(C)cc1COc1c(C)cccc1CCl. The highest BCUT2D eigenvalue weighted by Crippen LogP contribution is 2.25. The first-order valence-corrected chi connectivity index (χ1v) is 6.99. The topological polar surface area (TPSA) is 27.1 Å². The molecular formula is C15H19ClN2O. The molecule has 1 aromatic heterocycles. The lowest BCUT2D eigenvalue weighted by Gasteiger charge is -2.13. The van der Waals surface area contributed by atoms with Gasteiger partial charge < -0.3 is 4.74 Å². The Morgan fingerprint density at radius 3 is 2.79 bits per heavy atom. The van der Waals surface area contributed by atoms with Crippen LogP contribution in [0, 0.1) is 13.8 Å². The van der Waals surface area contributed by atoms with E-state index in [-0.39, 0.29) is 0 Å². The van der Waals surface area contributed by atoms with Crippen molar-refractivity contribution in [3.05, 3.63) is 46.8 Å². The Morgan fingerprint density at radius 1 is 1.32 bits per heavy atom. The van der Waals surface area contributed by atoms with E-state index in [1.165, 1.54) is 0 Å². The number of aromatic nitrogens is 2. The monoisotopic (exact) mass is 278 g/mol. The van der Waals surface area contributed by atoms with Crippen molar-refractivity contribution in [3.8, 4) is 5.75 Å². The Labute approximate surface area is 119 Å². The van der Waals surface area contributed by atoms with E-state index >= 15 is 0 Å². The summed E-state index contributed by atoms with van der Waals surface area (Å²) in [5.41, 5.74) is 4.24. The van der Waals surface area contributed by atoms with Crippen LogP contribution in [-0.4, -0.2) is 9.78 Å². The second kappa shape index (κ2) is 6.11. The molecule has 0 unspecified atom stereocenters. The van der Waals surface area contributed by atoms with Crippen molar-refractivity contribution in [1.82, 2.24) is 9.78 Å². The van der Waals surface area contributed by atoms with Crippen LogP contribution in [0.15, 0.2) is 24.3 Å². The van der Waals surface area contributed by atoms with E-state index in [1.54, 1.807) is 0 Å². The molecular weight excluding hydrogens is 260 g/mol. The molecule has 0 saturated carbocycles. The van der Waals surface area contributed by atoms with Gasteiger partial charge in [-0.1, -0.05) is 18.2 Å². The fourth-order valence-corrected chi connectivity index (χ4v) is 2.37. The summed E-state index contributed by atoms with van der Waals surface area (Å²) >= 11 is 5.95. The van der Waals surface area contributed by atoms with Crippen LogP contribution < -0.4 is 4.74 Å². The predicted molar refractivity (Wildman–Crippen MR) is 77.7 cm³/mol. The molecule has 0 spiro atoms. The molecule has 102 valence electrons. The van der Waals surface area contributed by atoms with Gasteiger partial charge in [0.1, 0.15) is 12.4 Å². The van der Waals surface area contributed by atoms with Gasteiger partial charge in [-0.15, -0.1) is 11.6 Å². The van der Waals surface area contributed by atoms with E-state index in [9.17, 15) is 0 Å². The van der Waals surface area contributed by atoms with E-state index in [0.29, 0.717) is 12.5 Å². The summed E-state index contributed by atoms with van der Waals surface area (Å²) in [6.45, 7) is 7.47. The summed E-state index contributed by atoms with van der Waals surface area (Å²) in [5, 5.41) is 4.42. The summed E-state index contributed by atoms with van der Waals surface area (Å²) in [7, 11) is 0. The smallest absolute Gasteiger partial charge is 0.130 e. The summed E-state index contributed by atoms with van der Waals surface area (Å²) < 4.78 is 7.92. The molecule has 1 heterocycles. The summed E-state index contributed by atoms with van der Waals surface area (Å²) in [5.74, 6) is 1.35. The summed E-state index contributed by atoms with van der Waals surface area (Å²) in [4.78, 5) is 0. The van der Waals surface area contributed by atoms with Crippen LogP contribution in [0.2, 0.25) is 0 Å². The van der Waals surface area contributed by atoms with Crippen molar-refractivity contribution in [2.75, 3.05) is 0 Å². The van der Waals surface area contributed by atoms with Crippen molar-refractivity contribution >= 4 is 11.6 Å². The fourth-order valence-electron chi connectivity index (χ4n) is 2.16. The maximum atomic E-state index is 5.96. The number of halogens is 1. The molecule has 4 heteroatoms. The zero-order chi connectivity index (χ0) is 13.8. The lowest BCUT2D eigenvalue weighted by Crippen LogP contribution is -2.07. The number of alkyl halides is 1. The average Bonchev–Trinajstić information content (AvgIpc) is 2.77. The van der Waals surface area contributed by atoms with Crippen molar-refractivity contribution in [2.45, 2.75) is 39.8 Å². The number of aryl methyl sites for hydroxylation is 3. The second-order valence-electron chi connectivity index (χ2n) is 4.58. The molecule has 19 heavy (non-hydrogen) atoms. The lowest BCUT2D eigenvalue weighted by atomic mass is 10.1. The molecule has 0 radical (unpaired) electrons. The summed E-state index contributed by atoms with van der Waals surface area (Å²) in [6, 6.07) is 8.09. The minimum atomic E-state index is 0.461. The zero-order valence-electron chi connectivity index (χ0n) is 11.6. The number of rotatable bonds is 5. The zero-order valence-corrected chi connectivity index (χ0v) is 12.4. The van der Waals surface area contributed by atoms with E-state index < -0.39 is 0 Å². The Kier molecular flexibility index (Phi) is 4.48. The number of nitrogens with zero attached hydrogens (tertiary/aromatic N) is 2. The van der Waals surface area contributed by atoms with Crippen molar-refractivity contribution in [1.29, 1.82) is 0 Å². The first-order chi connectivity index (χ1) is 9.15. The van der Waals surface area contributed by atoms with Crippen molar-refractivity contribution in [3.63, 3.8) is 0 Å². The molecule has 0 bridgehead atoms. The lowest BCUT2D eigenvalue weighted by molar-refractivity contribution is 0.288. The molecule has 2 aromatic rings. The second-order valence-corrected chi connectivity index (χ2v) is 4.85. The predicted octanol–water partition coefficient (Wildman–Crippen LogP) is 3.84. The van der Waals surface area contributed by atoms with Crippen LogP contribution in [0.25, 0.3) is 0 Å². The van der Waals surface area contributed by atoms with Crippen LogP contribution in [0.4, 0.5) is 0 Å². The van der Waals surface area contributed by atoms with Gasteiger partial charge in [-0.2, -0.15) is 5.10 Å². The van der Waals surface area contributed by atoms with Gasteiger partial charge in [0.25, 0.3) is 0 Å². The number of ether oxygens (including phenoxy) is 1. The van der Waals surface area contributed by atoms with Gasteiger partial charge in [-0.3, -0.25) is 4.68 Å². The third kappa shape index (κ3) is 3.10. The quantitative estimate of drug-likeness (QED) is 0.777. The molecule has 0 amide bonds. The molecule has 1 aromatic carbocycles. The Hall–Kier alpha value is -1.48. The Bertz CT molecular complexity index is 563. The third-order valence-electron chi connectivity index (χ3n) is 3.09. The van der Waals surface area contributed by atoms with Gasteiger partial charge in [0.05, 0.1) is 17.3 Å². The van der Waals surface area contributed by atoms with Crippen molar-refractivity contribution in [2.24, 2.45) is 0 Å². The Balaban J connectivity index is 2.18. The molecule has 2 rings (SSSR count). The highest BCUT2D eigenvalue weighted by Gasteiger charge is 2.09.